The molecule has 0 radical (unpaired) electrons. The third-order valence-corrected chi connectivity index (χ3v) is 4.09. The summed E-state index contributed by atoms with van der Waals surface area (Å²) in [4.78, 5) is 26.4. The molecular weight excluding hydrogens is 348 g/mol. The number of ether oxygens (including phenoxy) is 2. The molecular formula is C20H30N2O5. The van der Waals surface area contributed by atoms with Crippen molar-refractivity contribution >= 4 is 12.0 Å². The Hall–Kier alpha value is -2.28. The summed E-state index contributed by atoms with van der Waals surface area (Å²) in [6.07, 6.45) is 0.791. The molecule has 2 rings (SSSR count). The normalized spacial score (nSPS) is 19.2. The molecule has 2 amide bonds. The minimum atomic E-state index is -0.811. The molecule has 7 nitrogen and oxygen atoms in total. The van der Waals surface area contributed by atoms with E-state index in [0.717, 1.165) is 12.8 Å². The van der Waals surface area contributed by atoms with Crippen LogP contribution in [0.2, 0.25) is 0 Å². The van der Waals surface area contributed by atoms with Gasteiger partial charge in [0, 0.05) is 13.1 Å². The van der Waals surface area contributed by atoms with Crippen LogP contribution in [0.25, 0.3) is 0 Å². The maximum absolute atomic E-state index is 12.8. The number of hydrogen-bond donors (Lipinski definition) is 2. The first kappa shape index (κ1) is 21.0. The van der Waals surface area contributed by atoms with Gasteiger partial charge in [0.2, 0.25) is 5.91 Å². The van der Waals surface area contributed by atoms with E-state index in [4.69, 9.17) is 9.47 Å². The number of hydrogen-bond acceptors (Lipinski definition) is 5. The quantitative estimate of drug-likeness (QED) is 0.793. The summed E-state index contributed by atoms with van der Waals surface area (Å²) < 4.78 is 10.8. The van der Waals surface area contributed by atoms with E-state index in [9.17, 15) is 14.7 Å². The van der Waals surface area contributed by atoms with Crippen molar-refractivity contribution in [2.24, 2.45) is 0 Å². The zero-order chi connectivity index (χ0) is 19.9. The number of benzene rings is 1. The lowest BCUT2D eigenvalue weighted by atomic mass is 10.1. The molecule has 1 aromatic rings. The Kier molecular flexibility index (Phi) is 7.47. The number of amides is 2. The number of likely N-dealkylation sites (tertiary alicyclic amines) is 1. The van der Waals surface area contributed by atoms with Crippen molar-refractivity contribution < 1.29 is 24.2 Å². The number of β-amino-alcohol motifs (C(OH)–C–C–N with tert-alkyl or cyclic N) is 1. The van der Waals surface area contributed by atoms with Crippen LogP contribution in [0.4, 0.5) is 4.79 Å². The van der Waals surface area contributed by atoms with E-state index in [2.05, 4.69) is 5.32 Å². The van der Waals surface area contributed by atoms with E-state index in [1.807, 2.05) is 30.3 Å². The van der Waals surface area contributed by atoms with E-state index in [-0.39, 0.29) is 19.1 Å². The van der Waals surface area contributed by atoms with Crippen molar-refractivity contribution in [3.05, 3.63) is 30.3 Å². The molecule has 1 unspecified atom stereocenters. The lowest BCUT2D eigenvalue weighted by Gasteiger charge is -2.28. The molecule has 1 heterocycles. The first-order chi connectivity index (χ1) is 12.7. The van der Waals surface area contributed by atoms with Gasteiger partial charge in [-0.3, -0.25) is 4.79 Å². The third kappa shape index (κ3) is 7.46. The minimum absolute atomic E-state index is 0.0952. The van der Waals surface area contributed by atoms with Crippen LogP contribution in [0.15, 0.2) is 30.3 Å². The number of nitrogens with zero attached hydrogens (tertiary/aromatic N) is 1. The summed E-state index contributed by atoms with van der Waals surface area (Å²) in [6, 6.07) is 8.58. The average molecular weight is 378 g/mol. The highest BCUT2D eigenvalue weighted by Gasteiger charge is 2.30. The van der Waals surface area contributed by atoms with Gasteiger partial charge in [-0.1, -0.05) is 18.2 Å². The first-order valence-electron chi connectivity index (χ1n) is 9.39. The number of para-hydroxylation sites is 1. The second-order valence-corrected chi connectivity index (χ2v) is 7.76. The lowest BCUT2D eigenvalue weighted by molar-refractivity contribution is -0.134. The maximum atomic E-state index is 12.8. The second-order valence-electron chi connectivity index (χ2n) is 7.76. The van der Waals surface area contributed by atoms with Gasteiger partial charge in [0.25, 0.3) is 0 Å². The Morgan fingerprint density at radius 3 is 2.67 bits per heavy atom. The Bertz CT molecular complexity index is 615. The monoisotopic (exact) mass is 378 g/mol. The fraction of sp³-hybridized carbons (Fsp3) is 0.600. The number of rotatable bonds is 6. The molecule has 2 atom stereocenters. The number of aliphatic hydroxyl groups excluding tert-OH is 1. The first-order valence-corrected chi connectivity index (χ1v) is 9.39. The van der Waals surface area contributed by atoms with Crippen LogP contribution in [-0.2, 0) is 9.53 Å². The van der Waals surface area contributed by atoms with Gasteiger partial charge in [-0.2, -0.15) is 0 Å². The lowest BCUT2D eigenvalue weighted by Crippen LogP contribution is -2.50. The topological polar surface area (TPSA) is 88.1 Å². The highest BCUT2D eigenvalue weighted by Crippen LogP contribution is 2.15. The van der Waals surface area contributed by atoms with Gasteiger partial charge in [0.05, 0.1) is 0 Å². The molecule has 150 valence electrons. The number of alkyl carbamates (subject to hydrolysis) is 1. The molecule has 1 saturated heterocycles. The number of aliphatic hydroxyl groups is 1. The van der Waals surface area contributed by atoms with Crippen molar-refractivity contribution in [2.75, 3.05) is 19.7 Å². The van der Waals surface area contributed by atoms with E-state index in [0.29, 0.717) is 18.7 Å². The summed E-state index contributed by atoms with van der Waals surface area (Å²) in [5.41, 5.74) is -0.623. The summed E-state index contributed by atoms with van der Waals surface area (Å²) >= 11 is 0. The van der Waals surface area contributed by atoms with Crippen molar-refractivity contribution in [3.63, 3.8) is 0 Å². The SMILES string of the molecule is CC(C)(C)OC(=O)N[C@H]1CCCCN(CC(O)COc2ccccc2)C1=O. The molecule has 0 bridgehead atoms. The van der Waals surface area contributed by atoms with Crippen molar-refractivity contribution in [2.45, 2.75) is 57.8 Å². The van der Waals surface area contributed by atoms with E-state index in [1.165, 1.54) is 0 Å². The van der Waals surface area contributed by atoms with Crippen LogP contribution in [0.1, 0.15) is 40.0 Å². The van der Waals surface area contributed by atoms with Crippen LogP contribution in [0, 0.1) is 0 Å². The van der Waals surface area contributed by atoms with Crippen molar-refractivity contribution in [1.82, 2.24) is 10.2 Å². The Balaban J connectivity index is 1.87. The number of carbonyl (C=O) groups excluding carboxylic acids is 2. The van der Waals surface area contributed by atoms with Gasteiger partial charge in [-0.15, -0.1) is 0 Å². The fourth-order valence-corrected chi connectivity index (χ4v) is 2.89. The highest BCUT2D eigenvalue weighted by atomic mass is 16.6. The molecule has 7 heteroatoms. The summed E-state index contributed by atoms with van der Waals surface area (Å²) in [6.45, 7) is 6.13. The van der Waals surface area contributed by atoms with E-state index >= 15 is 0 Å². The molecule has 1 fully saturated rings. The third-order valence-electron chi connectivity index (χ3n) is 4.09. The van der Waals surface area contributed by atoms with Gasteiger partial charge in [-0.05, 0) is 52.2 Å². The van der Waals surface area contributed by atoms with Gasteiger partial charge >= 0.3 is 6.09 Å². The van der Waals surface area contributed by atoms with Gasteiger partial charge in [0.15, 0.2) is 0 Å². The summed E-state index contributed by atoms with van der Waals surface area (Å²) in [7, 11) is 0. The second kappa shape index (κ2) is 9.60. The zero-order valence-corrected chi connectivity index (χ0v) is 16.3. The molecule has 2 N–H and O–H groups in total. The van der Waals surface area contributed by atoms with Crippen LogP contribution in [-0.4, -0.2) is 59.5 Å². The van der Waals surface area contributed by atoms with Crippen LogP contribution in [0.3, 0.4) is 0 Å². The average Bonchev–Trinajstić information content (AvgIpc) is 2.75. The van der Waals surface area contributed by atoms with Crippen LogP contribution < -0.4 is 10.1 Å². The van der Waals surface area contributed by atoms with Crippen LogP contribution >= 0.6 is 0 Å². The van der Waals surface area contributed by atoms with Gasteiger partial charge < -0.3 is 24.8 Å². The molecule has 27 heavy (non-hydrogen) atoms. The molecule has 0 saturated carbocycles. The Morgan fingerprint density at radius 2 is 2.00 bits per heavy atom. The zero-order valence-electron chi connectivity index (χ0n) is 16.3. The molecule has 0 aliphatic carbocycles. The van der Waals surface area contributed by atoms with Crippen LogP contribution in [0.5, 0.6) is 5.75 Å². The van der Waals surface area contributed by atoms with E-state index in [1.54, 1.807) is 25.7 Å². The molecule has 0 spiro atoms. The molecule has 0 aromatic heterocycles. The predicted octanol–water partition coefficient (Wildman–Crippen LogP) is 2.33. The summed E-state index contributed by atoms with van der Waals surface area (Å²) in [5, 5.41) is 12.9. The van der Waals surface area contributed by atoms with Crippen molar-refractivity contribution in [3.8, 4) is 5.75 Å². The minimum Gasteiger partial charge on any atom is -0.491 e. The number of nitrogens with one attached hydrogen (secondary N) is 1. The Labute approximate surface area is 160 Å². The smallest absolute Gasteiger partial charge is 0.408 e. The van der Waals surface area contributed by atoms with Gasteiger partial charge in [-0.25, -0.2) is 4.79 Å². The van der Waals surface area contributed by atoms with Gasteiger partial charge in [0.1, 0.15) is 30.1 Å². The fourth-order valence-electron chi connectivity index (χ4n) is 2.89. The van der Waals surface area contributed by atoms with Crippen molar-refractivity contribution in [1.29, 1.82) is 0 Å². The van der Waals surface area contributed by atoms with E-state index < -0.39 is 23.8 Å². The number of carbonyl (C=O) groups is 2. The highest BCUT2D eigenvalue weighted by molar-refractivity contribution is 5.86. The predicted molar refractivity (Wildman–Crippen MR) is 102 cm³/mol. The largest absolute Gasteiger partial charge is 0.491 e. The summed E-state index contributed by atoms with van der Waals surface area (Å²) in [5.74, 6) is 0.473. The Morgan fingerprint density at radius 1 is 1.30 bits per heavy atom. The standard InChI is InChI=1S/C20H30N2O5/c1-20(2,3)27-19(25)21-17-11-7-8-12-22(18(17)24)13-15(23)14-26-16-9-5-4-6-10-16/h4-6,9-10,15,17,23H,7-8,11-14H2,1-3H3,(H,21,25)/t15?,17-/m0/s1. The maximum Gasteiger partial charge on any atom is 0.408 e. The molecule has 1 aliphatic rings. The molecule has 1 aromatic carbocycles. The molecule has 1 aliphatic heterocycles.